The Kier molecular flexibility index (Phi) is 10.8. The number of carboxylic acids is 1. The number of unbranched alkanes of at least 4 members (excludes halogenated alkanes) is 5. The fourth-order valence-electron chi connectivity index (χ4n) is 5.23. The van der Waals surface area contributed by atoms with Gasteiger partial charge < -0.3 is 25.3 Å². The van der Waals surface area contributed by atoms with E-state index in [-0.39, 0.29) is 44.3 Å². The second kappa shape index (κ2) is 15.0. The van der Waals surface area contributed by atoms with Crippen LogP contribution in [0, 0.1) is 0 Å². The van der Waals surface area contributed by atoms with Crippen LogP contribution < -0.4 is 21.2 Å². The minimum Gasteiger partial charge on any atom is -0.508 e. The number of rotatable bonds is 14. The molecule has 0 saturated carbocycles. The number of sulfonamides is 1. The molecule has 5 rings (SSSR count). The number of nitrogens with zero attached hydrogens (tertiary/aromatic N) is 2. The zero-order valence-electron chi connectivity index (χ0n) is 25.4. The van der Waals surface area contributed by atoms with Gasteiger partial charge in [0, 0.05) is 40.8 Å². The van der Waals surface area contributed by atoms with E-state index in [4.69, 9.17) is 21.8 Å². The first-order valence-corrected chi connectivity index (χ1v) is 17.7. The molecule has 2 heterocycles. The third-order valence-corrected chi connectivity index (χ3v) is 9.89. The number of phenolic OH excluding ortho intramolecular Hbond substituents is 1. The van der Waals surface area contributed by atoms with E-state index in [1.54, 1.807) is 24.3 Å². The first-order chi connectivity index (χ1) is 22.9. The third-order valence-electron chi connectivity index (χ3n) is 7.43. The molecule has 1 aliphatic heterocycles. The molecular weight excluding hydrogens is 679 g/mol. The Bertz CT molecular complexity index is 2150. The molecule has 0 fully saturated rings. The number of nitrogens with one attached hydrogen (secondary N) is 2. The van der Waals surface area contributed by atoms with Gasteiger partial charge in [0.05, 0.1) is 10.6 Å². The second-order valence-corrected chi connectivity index (χ2v) is 14.2. The van der Waals surface area contributed by atoms with Crippen LogP contribution in [-0.4, -0.2) is 45.7 Å². The summed E-state index contributed by atoms with van der Waals surface area (Å²) in [6, 6.07) is 13.8. The van der Waals surface area contributed by atoms with Crippen molar-refractivity contribution < 1.29 is 32.6 Å². The van der Waals surface area contributed by atoms with Gasteiger partial charge in [0.25, 0.3) is 10.0 Å². The number of primary sulfonamides is 1. The zero-order valence-corrected chi connectivity index (χ0v) is 27.8. The maximum atomic E-state index is 12.5. The third kappa shape index (κ3) is 8.57. The number of aromatic carboxylic acids is 1. The molecule has 48 heavy (non-hydrogen) atoms. The van der Waals surface area contributed by atoms with Crippen molar-refractivity contribution in [2.24, 2.45) is 5.14 Å². The number of carbonyl (C=O) groups excluding carboxylic acids is 1. The molecule has 1 amide bonds. The summed E-state index contributed by atoms with van der Waals surface area (Å²) in [6.45, 7) is 0. The second-order valence-electron chi connectivity index (χ2n) is 11.0. The van der Waals surface area contributed by atoms with Gasteiger partial charge in [-0.1, -0.05) is 55.3 Å². The van der Waals surface area contributed by atoms with Gasteiger partial charge in [-0.05, 0) is 61.2 Å². The van der Waals surface area contributed by atoms with E-state index < -0.39 is 16.0 Å². The number of phenols is 1. The average Bonchev–Trinajstić information content (AvgIpc) is 3.50. The lowest BCUT2D eigenvalue weighted by Crippen LogP contribution is -2.11. The van der Waals surface area contributed by atoms with Gasteiger partial charge in [0.2, 0.25) is 15.4 Å². The van der Waals surface area contributed by atoms with E-state index in [1.807, 2.05) is 0 Å². The van der Waals surface area contributed by atoms with Crippen LogP contribution in [0.3, 0.4) is 0 Å². The quantitative estimate of drug-likeness (QED) is 0.0390. The number of carbonyl (C=O) groups is 2. The average molecular weight is 710 g/mol. The molecule has 0 spiro atoms. The zero-order chi connectivity index (χ0) is 34.4. The summed E-state index contributed by atoms with van der Waals surface area (Å²) in [5.41, 5.74) is 2.14. The summed E-state index contributed by atoms with van der Waals surface area (Å²) >= 11 is 6.23. The van der Waals surface area contributed by atoms with Crippen LogP contribution in [0.1, 0.15) is 61.7 Å². The molecule has 2 aromatic carbocycles. The fourth-order valence-corrected chi connectivity index (χ4v) is 6.84. The lowest BCUT2D eigenvalue weighted by atomic mass is 9.90. The topological polar surface area (TPSA) is 215 Å². The number of hydrogen-bond acceptors (Lipinski definition) is 11. The van der Waals surface area contributed by atoms with Crippen molar-refractivity contribution in [2.75, 3.05) is 10.6 Å². The molecule has 13 nitrogen and oxygen atoms in total. The van der Waals surface area contributed by atoms with E-state index in [0.717, 1.165) is 32.1 Å². The van der Waals surface area contributed by atoms with E-state index in [9.17, 15) is 33.0 Å². The fraction of sp³-hybridized carbons (Fsp3) is 0.250. The molecule has 1 aliphatic carbocycles. The molecular formula is C32H31N5O8S3. The number of thiocarbonyl (C=S) groups is 1. The Morgan fingerprint density at radius 2 is 1.60 bits per heavy atom. The Balaban J connectivity index is 1.12. The van der Waals surface area contributed by atoms with Crippen molar-refractivity contribution in [1.29, 1.82) is 0 Å². The van der Waals surface area contributed by atoms with Gasteiger partial charge in [-0.15, -0.1) is 10.2 Å². The predicted octanol–water partition coefficient (Wildman–Crippen LogP) is 5.97. The largest absolute Gasteiger partial charge is 0.508 e. The van der Waals surface area contributed by atoms with Gasteiger partial charge in [0.1, 0.15) is 17.1 Å². The molecule has 0 radical (unpaired) electrons. The summed E-state index contributed by atoms with van der Waals surface area (Å²) in [5, 5.41) is 38.6. The SMILES string of the molecule is NS(=O)(=O)c1nnc(NC(=O)CCCCCCCCC(=S)Nc2ccc(-c3c4ccc(=O)cc-4oc4cc(O)ccc34)c(C(=O)O)c2)s1. The summed E-state index contributed by atoms with van der Waals surface area (Å²) in [5.74, 6) is -1.18. The molecule has 250 valence electrons. The van der Waals surface area contributed by atoms with Crippen molar-refractivity contribution >= 4 is 72.2 Å². The maximum Gasteiger partial charge on any atom is 0.336 e. The van der Waals surface area contributed by atoms with Crippen molar-refractivity contribution in [3.05, 3.63) is 70.4 Å². The van der Waals surface area contributed by atoms with Crippen molar-refractivity contribution in [3.63, 3.8) is 0 Å². The number of nitrogens with two attached hydrogens (primary N) is 1. The number of benzene rings is 3. The van der Waals surface area contributed by atoms with Crippen LogP contribution >= 0.6 is 23.6 Å². The maximum absolute atomic E-state index is 12.5. The van der Waals surface area contributed by atoms with Crippen molar-refractivity contribution in [1.82, 2.24) is 10.2 Å². The number of carboxylic acid groups (broad SMARTS) is 1. The number of anilines is 2. The van der Waals surface area contributed by atoms with Gasteiger partial charge in [-0.2, -0.15) is 0 Å². The smallest absolute Gasteiger partial charge is 0.336 e. The predicted molar refractivity (Wildman–Crippen MR) is 186 cm³/mol. The van der Waals surface area contributed by atoms with E-state index in [2.05, 4.69) is 20.8 Å². The highest BCUT2D eigenvalue weighted by atomic mass is 32.2. The molecule has 16 heteroatoms. The first kappa shape index (κ1) is 34.6. The number of hydrogen-bond donors (Lipinski definition) is 5. The highest BCUT2D eigenvalue weighted by molar-refractivity contribution is 7.91. The molecule has 1 aromatic heterocycles. The van der Waals surface area contributed by atoms with Gasteiger partial charge in [-0.3, -0.25) is 9.59 Å². The Labute approximate surface area is 284 Å². The van der Waals surface area contributed by atoms with Gasteiger partial charge in [0.15, 0.2) is 5.43 Å². The standard InChI is InChI=1S/C32H31N5O8S3/c33-48(43,44)32-37-36-31(47-32)35-27(40)7-5-3-1-2-4-6-8-28(46)34-18-9-12-21(24(15-18)30(41)42)29-22-13-10-19(38)16-25(22)45-26-17-20(39)11-14-23(26)29/h9-17,38H,1-8H2,(H,34,46)(H,41,42)(H2,33,43,44)(H,35,36,40). The molecule has 6 N–H and O–H groups in total. The van der Waals surface area contributed by atoms with Gasteiger partial charge >= 0.3 is 5.97 Å². The number of aromatic nitrogens is 2. The minimum atomic E-state index is -3.96. The Morgan fingerprint density at radius 1 is 0.896 bits per heavy atom. The molecule has 0 bridgehead atoms. The highest BCUT2D eigenvalue weighted by Crippen LogP contribution is 2.42. The number of aromatic hydroxyl groups is 1. The normalized spacial score (nSPS) is 11.5. The van der Waals surface area contributed by atoms with Crippen LogP contribution in [-0.2, 0) is 14.8 Å². The van der Waals surface area contributed by atoms with Gasteiger partial charge in [-0.25, -0.2) is 18.4 Å². The lowest BCUT2D eigenvalue weighted by Gasteiger charge is -2.17. The van der Waals surface area contributed by atoms with Crippen LogP contribution in [0.4, 0.5) is 10.8 Å². The molecule has 0 atom stereocenters. The molecule has 3 aromatic rings. The van der Waals surface area contributed by atoms with Crippen LogP contribution in [0.25, 0.3) is 33.4 Å². The molecule has 0 unspecified atom stereocenters. The Hall–Kier alpha value is -4.77. The minimum absolute atomic E-state index is 0.0288. The Morgan fingerprint density at radius 3 is 2.31 bits per heavy atom. The van der Waals surface area contributed by atoms with Crippen LogP contribution in [0.2, 0.25) is 0 Å². The number of amides is 1. The molecule has 0 saturated heterocycles. The van der Waals surface area contributed by atoms with E-state index >= 15 is 0 Å². The lowest BCUT2D eigenvalue weighted by molar-refractivity contribution is -0.116. The molecule has 2 aliphatic rings. The first-order valence-electron chi connectivity index (χ1n) is 14.9. The van der Waals surface area contributed by atoms with Crippen molar-refractivity contribution in [3.8, 4) is 28.2 Å². The van der Waals surface area contributed by atoms with E-state index in [1.165, 1.54) is 30.3 Å². The summed E-state index contributed by atoms with van der Waals surface area (Å²) < 4.78 is 28.1. The summed E-state index contributed by atoms with van der Waals surface area (Å²) in [4.78, 5) is 37.2. The van der Waals surface area contributed by atoms with Crippen LogP contribution in [0.15, 0.2) is 68.1 Å². The highest BCUT2D eigenvalue weighted by Gasteiger charge is 2.22. The summed E-state index contributed by atoms with van der Waals surface area (Å²) in [6.07, 6.45) is 6.03. The van der Waals surface area contributed by atoms with E-state index in [0.29, 0.717) is 62.5 Å². The summed E-state index contributed by atoms with van der Waals surface area (Å²) in [7, 11) is -3.96. The van der Waals surface area contributed by atoms with Crippen LogP contribution in [0.5, 0.6) is 5.75 Å². The van der Waals surface area contributed by atoms with Crippen molar-refractivity contribution in [2.45, 2.75) is 55.7 Å². The monoisotopic (exact) mass is 709 g/mol. The number of fused-ring (bicyclic) bond motifs is 2.